The molecule has 0 saturated heterocycles. The lowest BCUT2D eigenvalue weighted by Gasteiger charge is -2.21. The average Bonchev–Trinajstić information content (AvgIpc) is 2.48. The molecule has 4 atom stereocenters. The van der Waals surface area contributed by atoms with Crippen molar-refractivity contribution < 1.29 is 9.90 Å². The van der Waals surface area contributed by atoms with Gasteiger partial charge in [-0.3, -0.25) is 4.79 Å². The van der Waals surface area contributed by atoms with Crippen LogP contribution in [0.4, 0.5) is 0 Å². The number of carbonyl (C=O) groups excluding carboxylic acids is 1. The Labute approximate surface area is 94.8 Å². The summed E-state index contributed by atoms with van der Waals surface area (Å²) in [4.78, 5) is 11.1. The van der Waals surface area contributed by atoms with Gasteiger partial charge in [0.15, 0.2) is 0 Å². The van der Waals surface area contributed by atoms with E-state index in [1.54, 1.807) is 18.7 Å². The van der Waals surface area contributed by atoms with Gasteiger partial charge in [0, 0.05) is 10.5 Å². The molecule has 0 spiro atoms. The molecule has 0 aromatic heterocycles. The Bertz CT molecular complexity index is 248. The van der Waals surface area contributed by atoms with Crippen LogP contribution in [-0.4, -0.2) is 33.2 Å². The Hall–Kier alpha value is -0.260. The molecule has 1 amide bonds. The summed E-state index contributed by atoms with van der Waals surface area (Å²) in [6.45, 7) is 3.76. The molecule has 4 unspecified atom stereocenters. The highest BCUT2D eigenvalue weighted by Crippen LogP contribution is 2.37. The Morgan fingerprint density at radius 2 is 2.20 bits per heavy atom. The fourth-order valence-corrected chi connectivity index (χ4v) is 3.27. The van der Waals surface area contributed by atoms with E-state index in [0.29, 0.717) is 18.1 Å². The number of carbonyl (C=O) groups is 1. The van der Waals surface area contributed by atoms with Crippen molar-refractivity contribution in [2.45, 2.75) is 55.3 Å². The molecular weight excluding hydrogens is 212 g/mol. The molecule has 5 N–H and O–H groups in total. The maximum atomic E-state index is 11.1. The Morgan fingerprint density at radius 3 is 2.60 bits per heavy atom. The minimum atomic E-state index is -0.823. The molecule has 1 aliphatic carbocycles. The van der Waals surface area contributed by atoms with Gasteiger partial charge in [0.2, 0.25) is 5.91 Å². The predicted molar refractivity (Wildman–Crippen MR) is 62.5 cm³/mol. The van der Waals surface area contributed by atoms with Crippen LogP contribution in [0.2, 0.25) is 0 Å². The first-order chi connectivity index (χ1) is 6.85. The van der Waals surface area contributed by atoms with Crippen molar-refractivity contribution in [2.75, 3.05) is 0 Å². The summed E-state index contributed by atoms with van der Waals surface area (Å²) in [6.07, 6.45) is 1.86. The van der Waals surface area contributed by atoms with Gasteiger partial charge in [-0.25, -0.2) is 0 Å². The van der Waals surface area contributed by atoms with E-state index in [9.17, 15) is 9.90 Å². The van der Waals surface area contributed by atoms with Crippen LogP contribution in [0, 0.1) is 0 Å². The minimum absolute atomic E-state index is 0.172. The molecule has 1 rings (SSSR count). The topological polar surface area (TPSA) is 89.3 Å². The molecule has 1 fully saturated rings. The number of primary amides is 1. The highest BCUT2D eigenvalue weighted by Gasteiger charge is 2.41. The highest BCUT2D eigenvalue weighted by atomic mass is 32.2. The summed E-state index contributed by atoms with van der Waals surface area (Å²) in [6, 6.07) is 0. The summed E-state index contributed by atoms with van der Waals surface area (Å²) in [5, 5.41) is 9.89. The van der Waals surface area contributed by atoms with Crippen LogP contribution in [0.15, 0.2) is 0 Å². The minimum Gasteiger partial charge on any atom is -0.392 e. The fourth-order valence-electron chi connectivity index (χ4n) is 1.79. The van der Waals surface area contributed by atoms with E-state index in [1.807, 2.05) is 6.92 Å². The van der Waals surface area contributed by atoms with Crippen LogP contribution in [0.3, 0.4) is 0 Å². The van der Waals surface area contributed by atoms with Crippen molar-refractivity contribution in [1.29, 1.82) is 0 Å². The third kappa shape index (κ3) is 3.09. The number of aliphatic hydroxyl groups is 1. The number of thioether (sulfide) groups is 1. The third-order valence-corrected chi connectivity index (χ3v) is 4.69. The molecule has 4 nitrogen and oxygen atoms in total. The van der Waals surface area contributed by atoms with Crippen molar-refractivity contribution in [3.8, 4) is 0 Å². The number of hydrogen-bond acceptors (Lipinski definition) is 4. The van der Waals surface area contributed by atoms with Gasteiger partial charge in [-0.15, -0.1) is 0 Å². The summed E-state index contributed by atoms with van der Waals surface area (Å²) >= 11 is 1.70. The first kappa shape index (κ1) is 12.8. The second kappa shape index (κ2) is 4.72. The van der Waals surface area contributed by atoms with E-state index >= 15 is 0 Å². The van der Waals surface area contributed by atoms with Crippen molar-refractivity contribution in [1.82, 2.24) is 0 Å². The van der Waals surface area contributed by atoms with Crippen LogP contribution in [-0.2, 0) is 4.79 Å². The SMILES string of the molecule is CC(O)C(C)SC1CCC(N)(C(N)=O)C1. The number of nitrogens with two attached hydrogens (primary N) is 2. The maximum Gasteiger partial charge on any atom is 0.237 e. The first-order valence-electron chi connectivity index (χ1n) is 5.27. The molecule has 0 aromatic carbocycles. The third-order valence-electron chi connectivity index (χ3n) is 3.08. The maximum absolute atomic E-state index is 11.1. The largest absolute Gasteiger partial charge is 0.392 e. The number of hydrogen-bond donors (Lipinski definition) is 3. The van der Waals surface area contributed by atoms with Gasteiger partial charge in [-0.05, 0) is 26.2 Å². The van der Waals surface area contributed by atoms with Gasteiger partial charge in [0.25, 0.3) is 0 Å². The van der Waals surface area contributed by atoms with E-state index in [1.165, 1.54) is 0 Å². The lowest BCUT2D eigenvalue weighted by Crippen LogP contribution is -2.50. The van der Waals surface area contributed by atoms with E-state index in [4.69, 9.17) is 11.5 Å². The van der Waals surface area contributed by atoms with Crippen LogP contribution in [0.1, 0.15) is 33.1 Å². The second-order valence-corrected chi connectivity index (χ2v) is 6.15. The smallest absolute Gasteiger partial charge is 0.237 e. The van der Waals surface area contributed by atoms with Crippen LogP contribution < -0.4 is 11.5 Å². The van der Waals surface area contributed by atoms with Gasteiger partial charge >= 0.3 is 0 Å². The van der Waals surface area contributed by atoms with Gasteiger partial charge in [0.05, 0.1) is 11.6 Å². The number of amides is 1. The summed E-state index contributed by atoms with van der Waals surface area (Å²) in [5.74, 6) is -0.407. The molecule has 88 valence electrons. The normalized spacial score (nSPS) is 35.1. The van der Waals surface area contributed by atoms with Crippen molar-refractivity contribution in [3.63, 3.8) is 0 Å². The molecule has 15 heavy (non-hydrogen) atoms. The van der Waals surface area contributed by atoms with Crippen LogP contribution in [0.5, 0.6) is 0 Å². The summed E-state index contributed by atoms with van der Waals surface area (Å²) in [5.41, 5.74) is 10.3. The zero-order valence-corrected chi connectivity index (χ0v) is 10.1. The lowest BCUT2D eigenvalue weighted by atomic mass is 9.99. The van der Waals surface area contributed by atoms with Crippen LogP contribution >= 0.6 is 11.8 Å². The molecule has 0 heterocycles. The number of aliphatic hydroxyl groups excluding tert-OH is 1. The molecule has 0 radical (unpaired) electrons. The monoisotopic (exact) mass is 232 g/mol. The molecule has 0 bridgehead atoms. The van der Waals surface area contributed by atoms with E-state index in [-0.39, 0.29) is 11.4 Å². The molecule has 1 saturated carbocycles. The van der Waals surface area contributed by atoms with Crippen LogP contribution in [0.25, 0.3) is 0 Å². The standard InChI is InChI=1S/C10H20N2O2S/c1-6(13)7(2)15-8-3-4-10(12,5-8)9(11)14/h6-8,13H,3-5,12H2,1-2H3,(H2,11,14). The van der Waals surface area contributed by atoms with E-state index in [0.717, 1.165) is 6.42 Å². The van der Waals surface area contributed by atoms with Crippen molar-refractivity contribution in [3.05, 3.63) is 0 Å². The van der Waals surface area contributed by atoms with Gasteiger partial charge < -0.3 is 16.6 Å². The van der Waals surface area contributed by atoms with E-state index < -0.39 is 11.4 Å². The molecular formula is C10H20N2O2S. The van der Waals surface area contributed by atoms with Gasteiger partial charge in [-0.2, -0.15) is 11.8 Å². The summed E-state index contributed by atoms with van der Waals surface area (Å²) in [7, 11) is 0. The van der Waals surface area contributed by atoms with Gasteiger partial charge in [0.1, 0.15) is 0 Å². The quantitative estimate of drug-likeness (QED) is 0.647. The van der Waals surface area contributed by atoms with E-state index in [2.05, 4.69) is 0 Å². The van der Waals surface area contributed by atoms with Crippen molar-refractivity contribution >= 4 is 17.7 Å². The molecule has 1 aliphatic rings. The first-order valence-corrected chi connectivity index (χ1v) is 6.22. The fraction of sp³-hybridized carbons (Fsp3) is 0.900. The number of rotatable bonds is 4. The Kier molecular flexibility index (Phi) is 4.03. The Morgan fingerprint density at radius 1 is 1.60 bits per heavy atom. The van der Waals surface area contributed by atoms with Crippen molar-refractivity contribution in [2.24, 2.45) is 11.5 Å². The zero-order valence-electron chi connectivity index (χ0n) is 9.27. The molecule has 0 aliphatic heterocycles. The highest BCUT2D eigenvalue weighted by molar-refractivity contribution is 8.00. The molecule has 5 heteroatoms. The van der Waals surface area contributed by atoms with Gasteiger partial charge in [-0.1, -0.05) is 6.92 Å². The second-order valence-electron chi connectivity index (χ2n) is 4.47. The predicted octanol–water partition coefficient (Wildman–Crippen LogP) is 0.224. The zero-order chi connectivity index (χ0) is 11.6. The Balaban J connectivity index is 2.47. The average molecular weight is 232 g/mol. The summed E-state index contributed by atoms with van der Waals surface area (Å²) < 4.78 is 0. The lowest BCUT2D eigenvalue weighted by molar-refractivity contribution is -0.122. The molecule has 0 aromatic rings.